The Balaban J connectivity index is 1.81. The van der Waals surface area contributed by atoms with Gasteiger partial charge < -0.3 is 19.9 Å². The van der Waals surface area contributed by atoms with Gasteiger partial charge in [-0.05, 0) is 36.8 Å². The molecule has 30 heavy (non-hydrogen) atoms. The van der Waals surface area contributed by atoms with Crippen LogP contribution in [0, 0.1) is 5.82 Å². The highest BCUT2D eigenvalue weighted by Gasteiger charge is 2.34. The zero-order valence-electron chi connectivity index (χ0n) is 16.2. The van der Waals surface area contributed by atoms with E-state index in [1.54, 1.807) is 12.1 Å². The van der Waals surface area contributed by atoms with Crippen LogP contribution >= 0.6 is 0 Å². The van der Waals surface area contributed by atoms with E-state index in [1.807, 2.05) is 0 Å². The summed E-state index contributed by atoms with van der Waals surface area (Å²) in [6, 6.07) is 9.86. The number of carbonyl (C=O) groups is 3. The lowest BCUT2D eigenvalue weighted by atomic mass is 10.1. The van der Waals surface area contributed by atoms with Crippen LogP contribution in [0.2, 0.25) is 0 Å². The van der Waals surface area contributed by atoms with Crippen molar-refractivity contribution in [2.45, 2.75) is 19.6 Å². The number of nitrogens with zero attached hydrogens (tertiary/aromatic N) is 1. The third-order valence-electron chi connectivity index (χ3n) is 4.40. The van der Waals surface area contributed by atoms with Gasteiger partial charge in [0.15, 0.2) is 17.6 Å². The molecule has 156 valence electrons. The van der Waals surface area contributed by atoms with E-state index < -0.39 is 29.8 Å². The zero-order valence-corrected chi connectivity index (χ0v) is 16.2. The monoisotopic (exact) mass is 414 g/mol. The van der Waals surface area contributed by atoms with Crippen LogP contribution in [0.3, 0.4) is 0 Å². The fourth-order valence-corrected chi connectivity index (χ4v) is 2.79. The van der Waals surface area contributed by atoms with Crippen molar-refractivity contribution in [3.8, 4) is 11.5 Å². The minimum absolute atomic E-state index is 0.0194. The van der Waals surface area contributed by atoms with Crippen LogP contribution in [-0.2, 0) is 16.1 Å². The Morgan fingerprint density at radius 3 is 2.63 bits per heavy atom. The van der Waals surface area contributed by atoms with Crippen molar-refractivity contribution >= 4 is 24.0 Å². The van der Waals surface area contributed by atoms with E-state index in [2.05, 4.69) is 5.32 Å². The molecule has 0 aliphatic carbocycles. The van der Waals surface area contributed by atoms with Crippen LogP contribution in [0.4, 0.5) is 9.18 Å². The molecule has 1 aliphatic heterocycles. The number of hydrogen-bond donors (Lipinski definition) is 2. The van der Waals surface area contributed by atoms with Crippen LogP contribution in [0.15, 0.2) is 48.2 Å². The summed E-state index contributed by atoms with van der Waals surface area (Å²) in [6.45, 7) is 1.19. The Morgan fingerprint density at radius 1 is 1.23 bits per heavy atom. The smallest absolute Gasteiger partial charge is 0.344 e. The normalized spacial score (nSPS) is 15.8. The summed E-state index contributed by atoms with van der Waals surface area (Å²) in [5.41, 5.74) is 0.752. The maximum absolute atomic E-state index is 13.9. The first-order valence-corrected chi connectivity index (χ1v) is 8.95. The molecule has 8 nitrogen and oxygen atoms in total. The number of benzene rings is 2. The van der Waals surface area contributed by atoms with E-state index in [-0.39, 0.29) is 29.3 Å². The second-order valence-electron chi connectivity index (χ2n) is 6.48. The molecule has 2 N–H and O–H groups in total. The number of rotatable bonds is 7. The molecule has 3 amide bonds. The number of ether oxygens (including phenoxy) is 2. The molecular weight excluding hydrogens is 395 g/mol. The number of hydrogen-bond acceptors (Lipinski definition) is 5. The lowest BCUT2D eigenvalue weighted by Gasteiger charge is -2.14. The minimum atomic E-state index is -1.13. The summed E-state index contributed by atoms with van der Waals surface area (Å²) >= 11 is 0. The Bertz CT molecular complexity index is 1040. The highest BCUT2D eigenvalue weighted by molar-refractivity contribution is 6.13. The van der Waals surface area contributed by atoms with Crippen molar-refractivity contribution in [3.05, 3.63) is 65.1 Å². The zero-order chi connectivity index (χ0) is 21.8. The summed E-state index contributed by atoms with van der Waals surface area (Å²) in [5, 5.41) is 11.4. The molecule has 3 rings (SSSR count). The molecule has 0 spiro atoms. The molecule has 1 heterocycles. The summed E-state index contributed by atoms with van der Waals surface area (Å²) in [4.78, 5) is 36.7. The molecule has 2 aromatic rings. The number of amides is 3. The van der Waals surface area contributed by atoms with Crippen LogP contribution in [0.5, 0.6) is 11.5 Å². The number of halogens is 1. The first-order chi connectivity index (χ1) is 14.3. The molecule has 1 atom stereocenters. The van der Waals surface area contributed by atoms with Gasteiger partial charge in [0.2, 0.25) is 0 Å². The van der Waals surface area contributed by atoms with Crippen molar-refractivity contribution in [2.24, 2.45) is 0 Å². The summed E-state index contributed by atoms with van der Waals surface area (Å²) in [7, 11) is 1.39. The number of imide groups is 1. The topological polar surface area (TPSA) is 105 Å². The van der Waals surface area contributed by atoms with Crippen molar-refractivity contribution in [2.75, 3.05) is 7.11 Å². The Morgan fingerprint density at radius 2 is 1.97 bits per heavy atom. The van der Waals surface area contributed by atoms with Crippen molar-refractivity contribution < 1.29 is 33.4 Å². The quantitative estimate of drug-likeness (QED) is 0.533. The molecule has 9 heteroatoms. The molecule has 0 radical (unpaired) electrons. The number of aliphatic carboxylic acids is 1. The third-order valence-corrected chi connectivity index (χ3v) is 4.40. The number of carbonyl (C=O) groups excluding carboxylic acids is 2. The number of methoxy groups -OCH3 is 1. The molecule has 1 fully saturated rings. The number of carboxylic acid groups (broad SMARTS) is 1. The van der Waals surface area contributed by atoms with Gasteiger partial charge in [0.25, 0.3) is 5.91 Å². The standard InChI is InChI=1S/C21H19FN2O6/c1-12(20(26)27)30-17-8-7-13(10-18(17)29-2)9-16-19(25)24(21(28)23-16)11-14-5-3-4-6-15(14)22/h3-10,12H,11H2,1-2H3,(H,23,28)(H,26,27)/b16-9+/t12-/m1/s1. The highest BCUT2D eigenvalue weighted by atomic mass is 19.1. The largest absolute Gasteiger partial charge is 0.493 e. The lowest BCUT2D eigenvalue weighted by Crippen LogP contribution is -2.30. The van der Waals surface area contributed by atoms with Gasteiger partial charge in [-0.3, -0.25) is 9.69 Å². The van der Waals surface area contributed by atoms with Gasteiger partial charge in [-0.2, -0.15) is 0 Å². The van der Waals surface area contributed by atoms with Gasteiger partial charge in [-0.15, -0.1) is 0 Å². The van der Waals surface area contributed by atoms with Gasteiger partial charge in [-0.1, -0.05) is 24.3 Å². The average Bonchev–Trinajstić information content (AvgIpc) is 2.97. The van der Waals surface area contributed by atoms with E-state index in [9.17, 15) is 18.8 Å². The number of carboxylic acids is 1. The first kappa shape index (κ1) is 20.8. The van der Waals surface area contributed by atoms with Crippen molar-refractivity contribution in [1.29, 1.82) is 0 Å². The molecule has 1 saturated heterocycles. The number of nitrogens with one attached hydrogen (secondary N) is 1. The lowest BCUT2D eigenvalue weighted by molar-refractivity contribution is -0.144. The van der Waals surface area contributed by atoms with Crippen LogP contribution in [-0.4, -0.2) is 41.1 Å². The second-order valence-corrected chi connectivity index (χ2v) is 6.48. The molecular formula is C21H19FN2O6. The van der Waals surface area contributed by atoms with E-state index in [1.165, 1.54) is 50.4 Å². The fourth-order valence-electron chi connectivity index (χ4n) is 2.79. The Kier molecular flexibility index (Phi) is 6.01. The van der Waals surface area contributed by atoms with Gasteiger partial charge in [0.1, 0.15) is 11.5 Å². The maximum atomic E-state index is 13.9. The van der Waals surface area contributed by atoms with E-state index in [4.69, 9.17) is 14.6 Å². The molecule has 0 aromatic heterocycles. The van der Waals surface area contributed by atoms with Crippen molar-refractivity contribution in [3.63, 3.8) is 0 Å². The Hall–Kier alpha value is -3.88. The van der Waals surface area contributed by atoms with E-state index in [0.717, 1.165) is 4.90 Å². The molecule has 2 aromatic carbocycles. The highest BCUT2D eigenvalue weighted by Crippen LogP contribution is 2.30. The average molecular weight is 414 g/mol. The van der Waals surface area contributed by atoms with Crippen LogP contribution < -0.4 is 14.8 Å². The summed E-state index contributed by atoms with van der Waals surface area (Å²) < 4.78 is 24.4. The fraction of sp³-hybridized carbons (Fsp3) is 0.190. The molecule has 0 saturated carbocycles. The summed E-state index contributed by atoms with van der Waals surface area (Å²) in [6.07, 6.45) is 0.361. The Labute approximate surface area is 171 Å². The molecule has 0 bridgehead atoms. The first-order valence-electron chi connectivity index (χ1n) is 8.95. The van der Waals surface area contributed by atoms with Crippen LogP contribution in [0.25, 0.3) is 6.08 Å². The SMILES string of the molecule is COc1cc(/C=C2/NC(=O)N(Cc3ccccc3F)C2=O)ccc1O[C@H](C)C(=O)O. The van der Waals surface area contributed by atoms with Crippen LogP contribution in [0.1, 0.15) is 18.1 Å². The van der Waals surface area contributed by atoms with Gasteiger partial charge in [0, 0.05) is 5.56 Å². The predicted octanol–water partition coefficient (Wildman–Crippen LogP) is 2.78. The van der Waals surface area contributed by atoms with Gasteiger partial charge >= 0.3 is 12.0 Å². The number of urea groups is 1. The van der Waals surface area contributed by atoms with E-state index >= 15 is 0 Å². The van der Waals surface area contributed by atoms with Gasteiger partial charge in [-0.25, -0.2) is 14.0 Å². The maximum Gasteiger partial charge on any atom is 0.344 e. The van der Waals surface area contributed by atoms with Gasteiger partial charge in [0.05, 0.1) is 13.7 Å². The molecule has 0 unspecified atom stereocenters. The van der Waals surface area contributed by atoms with E-state index in [0.29, 0.717) is 5.56 Å². The second kappa shape index (κ2) is 8.64. The third kappa shape index (κ3) is 4.40. The predicted molar refractivity (Wildman–Crippen MR) is 104 cm³/mol. The molecule has 1 aliphatic rings. The van der Waals surface area contributed by atoms with Crippen molar-refractivity contribution in [1.82, 2.24) is 10.2 Å². The minimum Gasteiger partial charge on any atom is -0.493 e. The summed E-state index contributed by atoms with van der Waals surface area (Å²) in [5.74, 6) is -1.75.